The Labute approximate surface area is 90.9 Å². The van der Waals surface area contributed by atoms with Gasteiger partial charge in [0.15, 0.2) is 6.61 Å². The van der Waals surface area contributed by atoms with Gasteiger partial charge in [-0.25, -0.2) is 4.98 Å². The Kier molecular flexibility index (Phi) is 4.05. The lowest BCUT2D eigenvalue weighted by Gasteiger charge is -2.10. The minimum Gasteiger partial charge on any atom is -0.467 e. The van der Waals surface area contributed by atoms with Gasteiger partial charge in [-0.05, 0) is 14.0 Å². The summed E-state index contributed by atoms with van der Waals surface area (Å²) in [6.45, 7) is 0.503. The van der Waals surface area contributed by atoms with E-state index in [1.165, 1.54) is 12.4 Å². The highest BCUT2D eigenvalue weighted by molar-refractivity contribution is 5.09. The fourth-order valence-electron chi connectivity index (χ4n) is 0.928. The fraction of sp³-hybridized carbons (Fsp3) is 0.556. The molecule has 16 heavy (non-hydrogen) atoms. The smallest absolute Gasteiger partial charge is 0.422 e. The van der Waals surface area contributed by atoms with Gasteiger partial charge in [0.2, 0.25) is 5.88 Å². The monoisotopic (exact) mass is 235 g/mol. The number of ether oxygens (including phenoxy) is 1. The second-order valence-electron chi connectivity index (χ2n) is 3.19. The summed E-state index contributed by atoms with van der Waals surface area (Å²) in [6, 6.07) is -0.0100. The molecule has 90 valence electrons. The number of halogens is 3. The van der Waals surface area contributed by atoms with Gasteiger partial charge in [-0.3, -0.25) is 4.98 Å². The van der Waals surface area contributed by atoms with Gasteiger partial charge in [0.1, 0.15) is 0 Å². The zero-order valence-electron chi connectivity index (χ0n) is 8.88. The molecule has 1 atom stereocenters. The van der Waals surface area contributed by atoms with Crippen molar-refractivity contribution in [2.75, 3.05) is 13.7 Å². The van der Waals surface area contributed by atoms with Crippen molar-refractivity contribution < 1.29 is 17.9 Å². The number of aromatic nitrogens is 2. The highest BCUT2D eigenvalue weighted by Crippen LogP contribution is 2.17. The fourth-order valence-corrected chi connectivity index (χ4v) is 0.928. The Morgan fingerprint density at radius 2 is 2.06 bits per heavy atom. The van der Waals surface area contributed by atoms with Gasteiger partial charge in [-0.1, -0.05) is 0 Å². The van der Waals surface area contributed by atoms with Gasteiger partial charge in [-0.15, -0.1) is 0 Å². The molecule has 0 aromatic carbocycles. The summed E-state index contributed by atoms with van der Waals surface area (Å²) in [4.78, 5) is 7.66. The Morgan fingerprint density at radius 1 is 1.38 bits per heavy atom. The van der Waals surface area contributed by atoms with Crippen molar-refractivity contribution in [1.29, 1.82) is 0 Å². The van der Waals surface area contributed by atoms with Crippen molar-refractivity contribution in [2.45, 2.75) is 19.1 Å². The van der Waals surface area contributed by atoms with E-state index in [0.717, 1.165) is 0 Å². The van der Waals surface area contributed by atoms with E-state index in [0.29, 0.717) is 5.69 Å². The number of hydrogen-bond acceptors (Lipinski definition) is 4. The summed E-state index contributed by atoms with van der Waals surface area (Å²) < 4.78 is 39.9. The van der Waals surface area contributed by atoms with Crippen molar-refractivity contribution in [3.05, 3.63) is 18.1 Å². The van der Waals surface area contributed by atoms with Crippen molar-refractivity contribution in [2.24, 2.45) is 0 Å². The third kappa shape index (κ3) is 4.01. The van der Waals surface area contributed by atoms with Crippen LogP contribution in [0.25, 0.3) is 0 Å². The van der Waals surface area contributed by atoms with E-state index >= 15 is 0 Å². The van der Waals surface area contributed by atoms with Crippen LogP contribution in [0.4, 0.5) is 13.2 Å². The first-order chi connectivity index (χ1) is 7.42. The number of hydrogen-bond donors (Lipinski definition) is 1. The first kappa shape index (κ1) is 12.7. The molecule has 1 aromatic heterocycles. The number of rotatable bonds is 4. The molecule has 0 fully saturated rings. The molecule has 4 nitrogen and oxygen atoms in total. The number of alkyl halides is 3. The van der Waals surface area contributed by atoms with E-state index in [9.17, 15) is 13.2 Å². The molecule has 0 saturated heterocycles. The van der Waals surface area contributed by atoms with Gasteiger partial charge in [0.05, 0.1) is 18.1 Å². The topological polar surface area (TPSA) is 47.0 Å². The molecule has 0 saturated carbocycles. The summed E-state index contributed by atoms with van der Waals surface area (Å²) in [6.07, 6.45) is -1.81. The van der Waals surface area contributed by atoms with E-state index in [4.69, 9.17) is 0 Å². The zero-order valence-corrected chi connectivity index (χ0v) is 8.88. The van der Waals surface area contributed by atoms with Crippen LogP contribution >= 0.6 is 0 Å². The third-order valence-corrected chi connectivity index (χ3v) is 1.91. The van der Waals surface area contributed by atoms with E-state index in [1.54, 1.807) is 7.05 Å². The molecule has 1 aromatic rings. The van der Waals surface area contributed by atoms with Gasteiger partial charge < -0.3 is 10.1 Å². The Bertz CT molecular complexity index is 326. The SMILES string of the molecule is CNC(C)c1cnc(OCC(F)(F)F)cn1. The van der Waals surface area contributed by atoms with Crippen LogP contribution in [0, 0.1) is 0 Å². The van der Waals surface area contributed by atoms with E-state index in [1.807, 2.05) is 6.92 Å². The van der Waals surface area contributed by atoms with Crippen LogP contribution in [0.5, 0.6) is 5.88 Å². The van der Waals surface area contributed by atoms with Crippen LogP contribution in [0.1, 0.15) is 18.7 Å². The molecule has 0 bridgehead atoms. The summed E-state index contributed by atoms with van der Waals surface area (Å²) in [7, 11) is 1.75. The molecule has 1 heterocycles. The lowest BCUT2D eigenvalue weighted by Crippen LogP contribution is -2.20. The molecule has 1 rings (SSSR count). The van der Waals surface area contributed by atoms with Gasteiger partial charge in [0, 0.05) is 6.04 Å². The largest absolute Gasteiger partial charge is 0.467 e. The maximum Gasteiger partial charge on any atom is 0.422 e. The summed E-state index contributed by atoms with van der Waals surface area (Å²) >= 11 is 0. The third-order valence-electron chi connectivity index (χ3n) is 1.91. The summed E-state index contributed by atoms with van der Waals surface area (Å²) in [5.74, 6) is -0.135. The predicted octanol–water partition coefficient (Wildman–Crippen LogP) is 1.70. The van der Waals surface area contributed by atoms with E-state index in [2.05, 4.69) is 20.0 Å². The highest BCUT2D eigenvalue weighted by atomic mass is 19.4. The lowest BCUT2D eigenvalue weighted by atomic mass is 10.2. The van der Waals surface area contributed by atoms with E-state index < -0.39 is 12.8 Å². The van der Waals surface area contributed by atoms with Crippen LogP contribution < -0.4 is 10.1 Å². The van der Waals surface area contributed by atoms with Gasteiger partial charge in [-0.2, -0.15) is 13.2 Å². The van der Waals surface area contributed by atoms with Crippen molar-refractivity contribution in [3.63, 3.8) is 0 Å². The first-order valence-electron chi connectivity index (χ1n) is 4.61. The lowest BCUT2D eigenvalue weighted by molar-refractivity contribution is -0.154. The maximum absolute atomic E-state index is 11.8. The molecule has 0 aliphatic rings. The second-order valence-corrected chi connectivity index (χ2v) is 3.19. The zero-order chi connectivity index (χ0) is 12.2. The molecule has 0 spiro atoms. The highest BCUT2D eigenvalue weighted by Gasteiger charge is 2.28. The molecule has 0 amide bonds. The standard InChI is InChI=1S/C9H12F3N3O/c1-6(13-2)7-3-15-8(4-14-7)16-5-9(10,11)12/h3-4,6,13H,5H2,1-2H3. The van der Waals surface area contributed by atoms with Crippen molar-refractivity contribution >= 4 is 0 Å². The van der Waals surface area contributed by atoms with Crippen LogP contribution in [0.15, 0.2) is 12.4 Å². The molecular weight excluding hydrogens is 223 g/mol. The van der Waals surface area contributed by atoms with Gasteiger partial charge in [0.25, 0.3) is 0 Å². The minimum atomic E-state index is -4.36. The van der Waals surface area contributed by atoms with E-state index in [-0.39, 0.29) is 11.9 Å². The number of nitrogens with one attached hydrogen (secondary N) is 1. The molecular formula is C9H12F3N3O. The second kappa shape index (κ2) is 5.11. The van der Waals surface area contributed by atoms with Crippen molar-refractivity contribution in [3.8, 4) is 5.88 Å². The molecule has 7 heteroatoms. The quantitative estimate of drug-likeness (QED) is 0.862. The maximum atomic E-state index is 11.8. The average molecular weight is 235 g/mol. The first-order valence-corrected chi connectivity index (χ1v) is 4.61. The summed E-state index contributed by atoms with van der Waals surface area (Å²) in [5.41, 5.74) is 0.641. The molecule has 1 N–H and O–H groups in total. The minimum absolute atomic E-state index is 0.0100. The normalized spacial score (nSPS) is 13.6. The van der Waals surface area contributed by atoms with Crippen LogP contribution in [-0.2, 0) is 0 Å². The van der Waals surface area contributed by atoms with Gasteiger partial charge >= 0.3 is 6.18 Å². The predicted molar refractivity (Wildman–Crippen MR) is 51.1 cm³/mol. The molecule has 1 unspecified atom stereocenters. The molecule has 0 radical (unpaired) electrons. The molecule has 0 aliphatic heterocycles. The van der Waals surface area contributed by atoms with Crippen LogP contribution in [0.3, 0.4) is 0 Å². The summed E-state index contributed by atoms with van der Waals surface area (Å²) in [5, 5.41) is 2.93. The van der Waals surface area contributed by atoms with Crippen molar-refractivity contribution in [1.82, 2.24) is 15.3 Å². The van der Waals surface area contributed by atoms with Crippen LogP contribution in [0.2, 0.25) is 0 Å². The average Bonchev–Trinajstić information content (AvgIpc) is 2.25. The molecule has 0 aliphatic carbocycles. The Hall–Kier alpha value is -1.37. The Balaban J connectivity index is 2.58. The number of nitrogens with zero attached hydrogens (tertiary/aromatic N) is 2. The Morgan fingerprint density at radius 3 is 2.50 bits per heavy atom. The van der Waals surface area contributed by atoms with Crippen LogP contribution in [-0.4, -0.2) is 29.8 Å².